The molecule has 6 heteroatoms. The van der Waals surface area contributed by atoms with Crippen molar-refractivity contribution in [3.8, 4) is 5.75 Å². The third-order valence-electron chi connectivity index (χ3n) is 2.80. The molecule has 21 heavy (non-hydrogen) atoms. The maximum Gasteiger partial charge on any atom is 0.223 e. The molecule has 0 saturated heterocycles. The average Bonchev–Trinajstić information content (AvgIpc) is 2.37. The lowest BCUT2D eigenvalue weighted by Gasteiger charge is -2.27. The van der Waals surface area contributed by atoms with Gasteiger partial charge in [0, 0.05) is 18.8 Å². The van der Waals surface area contributed by atoms with Crippen molar-refractivity contribution < 1.29 is 14.6 Å². The van der Waals surface area contributed by atoms with E-state index in [0.29, 0.717) is 18.0 Å². The van der Waals surface area contributed by atoms with Gasteiger partial charge in [0.2, 0.25) is 5.91 Å². The first kappa shape index (κ1) is 17.3. The second-order valence-corrected chi connectivity index (χ2v) is 5.68. The van der Waals surface area contributed by atoms with Gasteiger partial charge in [-0.3, -0.25) is 4.79 Å². The second-order valence-electron chi connectivity index (χ2n) is 5.68. The number of anilines is 1. The van der Waals surface area contributed by atoms with Crippen LogP contribution in [0.5, 0.6) is 5.75 Å². The molecule has 0 bridgehead atoms. The fraction of sp³-hybridized carbons (Fsp3) is 0.533. The number of carbonyl (C=O) groups excluding carboxylic acids is 1. The van der Waals surface area contributed by atoms with Crippen LogP contribution < -0.4 is 15.8 Å². The first-order valence-corrected chi connectivity index (χ1v) is 6.91. The summed E-state index contributed by atoms with van der Waals surface area (Å²) in [7, 11) is 3.74. The molecular formula is C15H25N3O3. The van der Waals surface area contributed by atoms with E-state index < -0.39 is 5.60 Å². The fourth-order valence-electron chi connectivity index (χ4n) is 1.94. The Kier molecular flexibility index (Phi) is 6.45. The number of carbonyl (C=O) groups is 1. The number of rotatable bonds is 8. The van der Waals surface area contributed by atoms with Crippen molar-refractivity contribution in [1.82, 2.24) is 10.2 Å². The predicted octanol–water partition coefficient (Wildman–Crippen LogP) is 0.467. The van der Waals surface area contributed by atoms with Gasteiger partial charge in [0.1, 0.15) is 5.75 Å². The van der Waals surface area contributed by atoms with Crippen molar-refractivity contribution >= 4 is 11.6 Å². The Morgan fingerprint density at radius 3 is 2.57 bits per heavy atom. The van der Waals surface area contributed by atoms with Crippen molar-refractivity contribution in [2.45, 2.75) is 18.9 Å². The zero-order valence-electron chi connectivity index (χ0n) is 12.9. The molecule has 1 aromatic rings. The first-order valence-electron chi connectivity index (χ1n) is 6.91. The van der Waals surface area contributed by atoms with Crippen molar-refractivity contribution in [3.63, 3.8) is 0 Å². The molecule has 0 aliphatic carbocycles. The summed E-state index contributed by atoms with van der Waals surface area (Å²) < 4.78 is 5.44. The number of hydrogen-bond acceptors (Lipinski definition) is 5. The fourth-order valence-corrected chi connectivity index (χ4v) is 1.94. The minimum atomic E-state index is -0.947. The summed E-state index contributed by atoms with van der Waals surface area (Å²) in [6, 6.07) is 7.01. The van der Waals surface area contributed by atoms with Gasteiger partial charge in [-0.15, -0.1) is 0 Å². The summed E-state index contributed by atoms with van der Waals surface area (Å²) in [5, 5.41) is 12.8. The lowest BCUT2D eigenvalue weighted by atomic mass is 10.1. The van der Waals surface area contributed by atoms with E-state index in [1.54, 1.807) is 31.2 Å². The van der Waals surface area contributed by atoms with Gasteiger partial charge in [0.15, 0.2) is 0 Å². The third kappa shape index (κ3) is 7.53. The number of nitrogens with one attached hydrogen (secondary N) is 1. The highest BCUT2D eigenvalue weighted by atomic mass is 16.5. The zero-order valence-corrected chi connectivity index (χ0v) is 12.9. The highest BCUT2D eigenvalue weighted by molar-refractivity contribution is 5.76. The first-order chi connectivity index (χ1) is 9.78. The van der Waals surface area contributed by atoms with Gasteiger partial charge in [-0.05, 0) is 45.3 Å². The second kappa shape index (κ2) is 7.85. The molecule has 1 atom stereocenters. The standard InChI is InChI=1S/C15H25N3O3/c1-15(20,11-18(2)3)10-17-14(19)8-9-21-13-6-4-12(16)5-7-13/h4-7,20H,8-11,16H2,1-3H3,(H,17,19). The molecule has 0 fully saturated rings. The number of nitrogens with two attached hydrogens (primary N) is 1. The smallest absolute Gasteiger partial charge is 0.223 e. The van der Waals surface area contributed by atoms with Crippen LogP contribution >= 0.6 is 0 Å². The summed E-state index contributed by atoms with van der Waals surface area (Å²) in [6.07, 6.45) is 0.239. The topological polar surface area (TPSA) is 87.8 Å². The number of nitrogens with zero attached hydrogens (tertiary/aromatic N) is 1. The lowest BCUT2D eigenvalue weighted by molar-refractivity contribution is -0.122. The number of amides is 1. The minimum Gasteiger partial charge on any atom is -0.493 e. The molecule has 1 aromatic carbocycles. The van der Waals surface area contributed by atoms with Crippen LogP contribution in [0.4, 0.5) is 5.69 Å². The van der Waals surface area contributed by atoms with E-state index in [-0.39, 0.29) is 25.5 Å². The molecule has 1 unspecified atom stereocenters. The number of benzene rings is 1. The van der Waals surface area contributed by atoms with Crippen LogP contribution in [0.15, 0.2) is 24.3 Å². The van der Waals surface area contributed by atoms with Gasteiger partial charge in [0.05, 0.1) is 18.6 Å². The van der Waals surface area contributed by atoms with Gasteiger partial charge in [-0.1, -0.05) is 0 Å². The van der Waals surface area contributed by atoms with E-state index in [4.69, 9.17) is 10.5 Å². The van der Waals surface area contributed by atoms with Crippen molar-refractivity contribution in [2.75, 3.05) is 39.5 Å². The summed E-state index contributed by atoms with van der Waals surface area (Å²) in [5.74, 6) is 0.529. The molecule has 0 saturated carbocycles. The maximum atomic E-state index is 11.7. The maximum absolute atomic E-state index is 11.7. The molecule has 4 N–H and O–H groups in total. The normalized spacial score (nSPS) is 13.8. The van der Waals surface area contributed by atoms with E-state index in [1.807, 2.05) is 19.0 Å². The number of nitrogen functional groups attached to an aromatic ring is 1. The predicted molar refractivity (Wildman–Crippen MR) is 83.2 cm³/mol. The average molecular weight is 295 g/mol. The Morgan fingerprint density at radius 2 is 2.00 bits per heavy atom. The molecule has 0 heterocycles. The van der Waals surface area contributed by atoms with Crippen LogP contribution in [-0.4, -0.2) is 55.3 Å². The quantitative estimate of drug-likeness (QED) is 0.607. The van der Waals surface area contributed by atoms with E-state index in [1.165, 1.54) is 0 Å². The van der Waals surface area contributed by atoms with Crippen LogP contribution in [0.25, 0.3) is 0 Å². The molecule has 0 aliphatic heterocycles. The van der Waals surface area contributed by atoms with Crippen LogP contribution in [0, 0.1) is 0 Å². The Balaban J connectivity index is 2.23. The van der Waals surface area contributed by atoms with Gasteiger partial charge >= 0.3 is 0 Å². The number of hydrogen-bond donors (Lipinski definition) is 3. The zero-order chi connectivity index (χ0) is 15.9. The Labute approximate surface area is 125 Å². The summed E-state index contributed by atoms with van der Waals surface area (Å²) in [6.45, 7) is 2.67. The van der Waals surface area contributed by atoms with Crippen LogP contribution in [0.2, 0.25) is 0 Å². The molecule has 0 radical (unpaired) electrons. The van der Waals surface area contributed by atoms with Gasteiger partial charge in [-0.2, -0.15) is 0 Å². The number of aliphatic hydroxyl groups is 1. The molecular weight excluding hydrogens is 270 g/mol. The van der Waals surface area contributed by atoms with Crippen molar-refractivity contribution in [3.05, 3.63) is 24.3 Å². The molecule has 0 spiro atoms. The van der Waals surface area contributed by atoms with Crippen molar-refractivity contribution in [1.29, 1.82) is 0 Å². The van der Waals surface area contributed by atoms with Gasteiger partial charge in [0.25, 0.3) is 0 Å². The largest absolute Gasteiger partial charge is 0.493 e. The van der Waals surface area contributed by atoms with Crippen molar-refractivity contribution in [2.24, 2.45) is 0 Å². The third-order valence-corrected chi connectivity index (χ3v) is 2.80. The highest BCUT2D eigenvalue weighted by Crippen LogP contribution is 2.13. The molecule has 6 nitrogen and oxygen atoms in total. The molecule has 0 aliphatic rings. The monoisotopic (exact) mass is 295 g/mol. The summed E-state index contributed by atoms with van der Waals surface area (Å²) in [4.78, 5) is 13.6. The van der Waals surface area contributed by atoms with Crippen LogP contribution in [0.1, 0.15) is 13.3 Å². The van der Waals surface area contributed by atoms with E-state index in [9.17, 15) is 9.90 Å². The Morgan fingerprint density at radius 1 is 1.38 bits per heavy atom. The minimum absolute atomic E-state index is 0.149. The van der Waals surface area contributed by atoms with Gasteiger partial charge < -0.3 is 25.8 Å². The van der Waals surface area contributed by atoms with E-state index >= 15 is 0 Å². The molecule has 1 rings (SSSR count). The van der Waals surface area contributed by atoms with Gasteiger partial charge in [-0.25, -0.2) is 0 Å². The molecule has 0 aromatic heterocycles. The lowest BCUT2D eigenvalue weighted by Crippen LogP contribution is -2.47. The van der Waals surface area contributed by atoms with E-state index in [2.05, 4.69) is 5.32 Å². The Hall–Kier alpha value is -1.79. The van der Waals surface area contributed by atoms with Crippen LogP contribution in [0.3, 0.4) is 0 Å². The Bertz CT molecular complexity index is 444. The number of ether oxygens (including phenoxy) is 1. The summed E-state index contributed by atoms with van der Waals surface area (Å²) in [5.41, 5.74) is 5.29. The SMILES string of the molecule is CN(C)CC(C)(O)CNC(=O)CCOc1ccc(N)cc1. The van der Waals surface area contributed by atoms with Crippen LogP contribution in [-0.2, 0) is 4.79 Å². The summed E-state index contributed by atoms with van der Waals surface area (Å²) >= 11 is 0. The highest BCUT2D eigenvalue weighted by Gasteiger charge is 2.21. The molecule has 118 valence electrons. The number of likely N-dealkylation sites (N-methyl/N-ethyl adjacent to an activating group) is 1. The molecule has 1 amide bonds. The van der Waals surface area contributed by atoms with E-state index in [0.717, 1.165) is 0 Å².